The minimum Gasteiger partial charge on any atom is -0.343 e. The molecule has 17 heavy (non-hydrogen) atoms. The van der Waals surface area contributed by atoms with Crippen LogP contribution in [-0.2, 0) is 0 Å². The Bertz CT molecular complexity index is 584. The molecule has 0 aromatic heterocycles. The van der Waals surface area contributed by atoms with Crippen LogP contribution in [0.4, 0.5) is 5.69 Å². The molecule has 0 aliphatic carbocycles. The highest BCUT2D eigenvalue weighted by Gasteiger charge is 2.10. The average Bonchev–Trinajstić information content (AvgIpc) is 2.86. The van der Waals surface area contributed by atoms with Gasteiger partial charge in [0.25, 0.3) is 0 Å². The van der Waals surface area contributed by atoms with Gasteiger partial charge in [0.1, 0.15) is 5.84 Å². The molecule has 0 radical (unpaired) electrons. The molecule has 2 aromatic carbocycles. The van der Waals surface area contributed by atoms with Crippen molar-refractivity contribution in [1.29, 1.82) is 0 Å². The second-order valence-electron chi connectivity index (χ2n) is 4.54. The zero-order chi connectivity index (χ0) is 11.7. The van der Waals surface area contributed by atoms with Crippen molar-refractivity contribution in [2.75, 3.05) is 11.9 Å². The Labute approximate surface area is 101 Å². The van der Waals surface area contributed by atoms with Crippen LogP contribution >= 0.6 is 0 Å². The van der Waals surface area contributed by atoms with Gasteiger partial charge in [-0.1, -0.05) is 36.4 Å². The fraction of sp³-hybridized carbons (Fsp3) is 0.267. The van der Waals surface area contributed by atoms with E-state index in [2.05, 4.69) is 53.6 Å². The topological polar surface area (TPSA) is 24.4 Å². The molecule has 2 aromatic rings. The number of nitrogens with zero attached hydrogens (tertiary/aromatic N) is 1. The van der Waals surface area contributed by atoms with Crippen LogP contribution in [0.5, 0.6) is 0 Å². The molecule has 2 heteroatoms. The first-order chi connectivity index (χ1) is 8.34. The molecule has 0 saturated heterocycles. The molecule has 3 rings (SSSR count). The largest absolute Gasteiger partial charge is 0.343 e. The van der Waals surface area contributed by atoms with Gasteiger partial charge in [-0.25, -0.2) is 0 Å². The second kappa shape index (κ2) is 4.21. The van der Waals surface area contributed by atoms with E-state index in [0.717, 1.165) is 18.8 Å². The van der Waals surface area contributed by atoms with Crippen molar-refractivity contribution in [2.45, 2.75) is 19.8 Å². The van der Waals surface area contributed by atoms with Crippen molar-refractivity contribution in [2.24, 2.45) is 4.99 Å². The lowest BCUT2D eigenvalue weighted by Crippen LogP contribution is -2.09. The SMILES string of the molecule is Cc1ccc2ccccc2c1NC1=NCCC1. The third-order valence-corrected chi connectivity index (χ3v) is 3.28. The van der Waals surface area contributed by atoms with E-state index in [1.165, 1.54) is 28.4 Å². The molecule has 1 heterocycles. The Morgan fingerprint density at radius 2 is 2.00 bits per heavy atom. The van der Waals surface area contributed by atoms with Crippen LogP contribution in [-0.4, -0.2) is 12.4 Å². The van der Waals surface area contributed by atoms with Crippen molar-refractivity contribution in [3.8, 4) is 0 Å². The number of fused-ring (bicyclic) bond motifs is 1. The van der Waals surface area contributed by atoms with Crippen molar-refractivity contribution in [3.63, 3.8) is 0 Å². The van der Waals surface area contributed by atoms with E-state index in [1.807, 2.05) is 0 Å². The molecular formula is C15H16N2. The zero-order valence-electron chi connectivity index (χ0n) is 10.0. The number of amidine groups is 1. The summed E-state index contributed by atoms with van der Waals surface area (Å²) in [5.41, 5.74) is 2.49. The smallest absolute Gasteiger partial charge is 0.101 e. The molecule has 0 saturated carbocycles. The fourth-order valence-electron chi connectivity index (χ4n) is 2.33. The third kappa shape index (κ3) is 1.91. The summed E-state index contributed by atoms with van der Waals surface area (Å²) in [5, 5.41) is 6.06. The molecule has 0 amide bonds. The third-order valence-electron chi connectivity index (χ3n) is 3.28. The summed E-state index contributed by atoms with van der Waals surface area (Å²) in [6.45, 7) is 3.11. The summed E-state index contributed by atoms with van der Waals surface area (Å²) in [6.07, 6.45) is 2.24. The summed E-state index contributed by atoms with van der Waals surface area (Å²) in [5.74, 6) is 1.13. The highest BCUT2D eigenvalue weighted by Crippen LogP contribution is 2.27. The van der Waals surface area contributed by atoms with Gasteiger partial charge in [0.15, 0.2) is 0 Å². The molecule has 0 bridgehead atoms. The van der Waals surface area contributed by atoms with E-state index in [-0.39, 0.29) is 0 Å². The van der Waals surface area contributed by atoms with E-state index >= 15 is 0 Å². The number of rotatable bonds is 1. The standard InChI is InChI=1S/C15H16N2/c1-11-8-9-12-5-2-3-6-13(12)15(11)17-14-7-4-10-16-14/h2-3,5-6,8-9H,4,7,10H2,1H3,(H,16,17). The minimum atomic E-state index is 0.964. The van der Waals surface area contributed by atoms with Gasteiger partial charge in [-0.2, -0.15) is 0 Å². The molecule has 1 aliphatic rings. The maximum Gasteiger partial charge on any atom is 0.101 e. The molecule has 1 N–H and O–H groups in total. The second-order valence-corrected chi connectivity index (χ2v) is 4.54. The Morgan fingerprint density at radius 3 is 2.82 bits per heavy atom. The lowest BCUT2D eigenvalue weighted by Gasteiger charge is -2.12. The van der Waals surface area contributed by atoms with Crippen LogP contribution < -0.4 is 5.32 Å². The fourth-order valence-corrected chi connectivity index (χ4v) is 2.33. The molecule has 1 aliphatic heterocycles. The summed E-state index contributed by atoms with van der Waals surface area (Å²) >= 11 is 0. The molecular weight excluding hydrogens is 208 g/mol. The number of aliphatic imine (C=N–C) groups is 1. The monoisotopic (exact) mass is 224 g/mol. The van der Waals surface area contributed by atoms with Gasteiger partial charge >= 0.3 is 0 Å². The first-order valence-electron chi connectivity index (χ1n) is 6.13. The molecule has 0 spiro atoms. The number of anilines is 1. The van der Waals surface area contributed by atoms with Crippen LogP contribution in [0.2, 0.25) is 0 Å². The van der Waals surface area contributed by atoms with E-state index in [1.54, 1.807) is 0 Å². The Balaban J connectivity index is 2.09. The zero-order valence-corrected chi connectivity index (χ0v) is 10.0. The number of aryl methyl sites for hydroxylation is 1. The van der Waals surface area contributed by atoms with E-state index in [9.17, 15) is 0 Å². The van der Waals surface area contributed by atoms with Gasteiger partial charge in [0, 0.05) is 18.4 Å². The van der Waals surface area contributed by atoms with E-state index in [0.29, 0.717) is 0 Å². The number of benzene rings is 2. The number of nitrogens with one attached hydrogen (secondary N) is 1. The summed E-state index contributed by atoms with van der Waals surface area (Å²) < 4.78 is 0. The first-order valence-corrected chi connectivity index (χ1v) is 6.13. The quantitative estimate of drug-likeness (QED) is 0.783. The number of hydrogen-bond acceptors (Lipinski definition) is 2. The molecule has 0 atom stereocenters. The van der Waals surface area contributed by atoms with Crippen LogP contribution in [0.25, 0.3) is 10.8 Å². The van der Waals surface area contributed by atoms with Gasteiger partial charge in [0.05, 0.1) is 5.69 Å². The predicted octanol–water partition coefficient (Wildman–Crippen LogP) is 3.75. The van der Waals surface area contributed by atoms with E-state index in [4.69, 9.17) is 0 Å². The van der Waals surface area contributed by atoms with Crippen molar-refractivity contribution in [3.05, 3.63) is 42.0 Å². The van der Waals surface area contributed by atoms with Crippen LogP contribution in [0.15, 0.2) is 41.4 Å². The van der Waals surface area contributed by atoms with Crippen LogP contribution in [0.3, 0.4) is 0 Å². The molecule has 2 nitrogen and oxygen atoms in total. The summed E-state index contributed by atoms with van der Waals surface area (Å²) in [6, 6.07) is 12.8. The van der Waals surface area contributed by atoms with Gasteiger partial charge in [-0.3, -0.25) is 4.99 Å². The average molecular weight is 224 g/mol. The normalized spacial score (nSPS) is 15.0. The maximum atomic E-state index is 4.48. The van der Waals surface area contributed by atoms with Gasteiger partial charge < -0.3 is 5.32 Å². The van der Waals surface area contributed by atoms with Gasteiger partial charge in [0.2, 0.25) is 0 Å². The lowest BCUT2D eigenvalue weighted by molar-refractivity contribution is 0.951. The molecule has 0 fully saturated rings. The van der Waals surface area contributed by atoms with Crippen molar-refractivity contribution >= 4 is 22.3 Å². The molecule has 86 valence electrons. The first kappa shape index (κ1) is 10.3. The number of hydrogen-bond donors (Lipinski definition) is 1. The Morgan fingerprint density at radius 1 is 1.12 bits per heavy atom. The highest BCUT2D eigenvalue weighted by molar-refractivity contribution is 6.05. The van der Waals surface area contributed by atoms with Crippen molar-refractivity contribution in [1.82, 2.24) is 0 Å². The van der Waals surface area contributed by atoms with Crippen LogP contribution in [0, 0.1) is 6.92 Å². The Kier molecular flexibility index (Phi) is 2.56. The highest BCUT2D eigenvalue weighted by atomic mass is 15.0. The van der Waals surface area contributed by atoms with Gasteiger partial charge in [-0.05, 0) is 24.3 Å². The van der Waals surface area contributed by atoms with Crippen LogP contribution in [0.1, 0.15) is 18.4 Å². The summed E-state index contributed by atoms with van der Waals surface area (Å²) in [7, 11) is 0. The Hall–Kier alpha value is -1.83. The predicted molar refractivity (Wildman–Crippen MR) is 73.8 cm³/mol. The van der Waals surface area contributed by atoms with Gasteiger partial charge in [-0.15, -0.1) is 0 Å². The maximum absolute atomic E-state index is 4.48. The minimum absolute atomic E-state index is 0.964. The van der Waals surface area contributed by atoms with E-state index < -0.39 is 0 Å². The van der Waals surface area contributed by atoms with Crippen molar-refractivity contribution < 1.29 is 0 Å². The molecule has 0 unspecified atom stereocenters. The lowest BCUT2D eigenvalue weighted by atomic mass is 10.0. The summed E-state index contributed by atoms with van der Waals surface area (Å²) in [4.78, 5) is 4.48.